The van der Waals surface area contributed by atoms with Gasteiger partial charge in [0.05, 0.1) is 6.54 Å². The fraction of sp³-hybridized carbons (Fsp3) is 0.850. The first-order chi connectivity index (χ1) is 12.6. The molecule has 1 fully saturated rings. The van der Waals surface area contributed by atoms with Crippen molar-refractivity contribution in [3.05, 3.63) is 0 Å². The molecular formula is C20H37N3O4. The number of hydrogen-bond acceptors (Lipinski definition) is 4. The van der Waals surface area contributed by atoms with Crippen molar-refractivity contribution in [3.63, 3.8) is 0 Å². The van der Waals surface area contributed by atoms with Crippen LogP contribution in [0.2, 0.25) is 0 Å². The van der Waals surface area contributed by atoms with Crippen molar-refractivity contribution in [1.82, 2.24) is 14.7 Å². The van der Waals surface area contributed by atoms with Crippen molar-refractivity contribution in [2.45, 2.75) is 59.9 Å². The first kappa shape index (κ1) is 23.4. The molecule has 0 aromatic rings. The summed E-state index contributed by atoms with van der Waals surface area (Å²) < 4.78 is 0. The van der Waals surface area contributed by atoms with Crippen LogP contribution in [0, 0.1) is 11.8 Å². The summed E-state index contributed by atoms with van der Waals surface area (Å²) in [6, 6.07) is -0.0684. The molecule has 0 saturated carbocycles. The van der Waals surface area contributed by atoms with Crippen LogP contribution < -0.4 is 0 Å². The number of carbonyl (C=O) groups excluding carboxylic acids is 2. The van der Waals surface area contributed by atoms with Crippen LogP contribution in [0.15, 0.2) is 0 Å². The van der Waals surface area contributed by atoms with Gasteiger partial charge in [-0.25, -0.2) is 0 Å². The zero-order valence-electron chi connectivity index (χ0n) is 17.6. The Labute approximate surface area is 163 Å². The summed E-state index contributed by atoms with van der Waals surface area (Å²) in [5.41, 5.74) is 0. The van der Waals surface area contributed by atoms with Crippen LogP contribution in [0.25, 0.3) is 0 Å². The first-order valence-corrected chi connectivity index (χ1v) is 10.1. The maximum absolute atomic E-state index is 12.8. The van der Waals surface area contributed by atoms with Gasteiger partial charge in [-0.3, -0.25) is 19.3 Å². The van der Waals surface area contributed by atoms with E-state index >= 15 is 0 Å². The number of rotatable bonds is 9. The highest BCUT2D eigenvalue weighted by Gasteiger charge is 2.27. The van der Waals surface area contributed by atoms with Crippen LogP contribution in [-0.4, -0.2) is 82.9 Å². The Morgan fingerprint density at radius 2 is 1.63 bits per heavy atom. The molecule has 0 aliphatic carbocycles. The number of carbonyl (C=O) groups is 3. The molecule has 156 valence electrons. The van der Waals surface area contributed by atoms with Gasteiger partial charge < -0.3 is 14.9 Å². The van der Waals surface area contributed by atoms with Gasteiger partial charge in [0.2, 0.25) is 11.8 Å². The molecule has 0 radical (unpaired) electrons. The largest absolute Gasteiger partial charge is 0.480 e. The lowest BCUT2D eigenvalue weighted by Gasteiger charge is -2.30. The Morgan fingerprint density at radius 1 is 1.04 bits per heavy atom. The van der Waals surface area contributed by atoms with Gasteiger partial charge in [0.15, 0.2) is 0 Å². The van der Waals surface area contributed by atoms with E-state index < -0.39 is 5.97 Å². The molecule has 1 saturated heterocycles. The van der Waals surface area contributed by atoms with Crippen molar-refractivity contribution >= 4 is 17.8 Å². The molecule has 1 heterocycles. The van der Waals surface area contributed by atoms with Gasteiger partial charge in [-0.1, -0.05) is 27.7 Å². The molecule has 1 N–H and O–H groups in total. The van der Waals surface area contributed by atoms with Crippen molar-refractivity contribution in [3.8, 4) is 0 Å². The third-order valence-corrected chi connectivity index (χ3v) is 4.82. The number of carboxylic acid groups (broad SMARTS) is 1. The molecule has 0 bridgehead atoms. The van der Waals surface area contributed by atoms with Crippen LogP contribution in [-0.2, 0) is 14.4 Å². The molecule has 1 atom stereocenters. The van der Waals surface area contributed by atoms with Crippen molar-refractivity contribution in [2.75, 3.05) is 39.3 Å². The number of aliphatic carboxylic acids is 1. The van der Waals surface area contributed by atoms with E-state index in [0.29, 0.717) is 31.3 Å². The standard InChI is InChI=1S/C20H37N3O4/c1-15(2)11-22(12-16(3)4)19(25)13-21-9-6-7-18(8-10-21)23(17(5)24)14-20(26)27/h15-16,18H,6-14H2,1-5H3,(H,26,27). The Kier molecular flexibility index (Phi) is 9.77. The normalized spacial score (nSPS) is 18.4. The molecule has 1 aliphatic rings. The summed E-state index contributed by atoms with van der Waals surface area (Å²) >= 11 is 0. The monoisotopic (exact) mass is 383 g/mol. The Balaban J connectivity index is 2.66. The zero-order chi connectivity index (χ0) is 20.6. The Hall–Kier alpha value is -1.63. The van der Waals surface area contributed by atoms with E-state index in [1.807, 2.05) is 4.90 Å². The summed E-state index contributed by atoms with van der Waals surface area (Å²) in [6.07, 6.45) is 2.34. The van der Waals surface area contributed by atoms with Crippen molar-refractivity contribution < 1.29 is 19.5 Å². The molecule has 27 heavy (non-hydrogen) atoms. The number of nitrogens with zero attached hydrogens (tertiary/aromatic N) is 3. The molecule has 1 aliphatic heterocycles. The van der Waals surface area contributed by atoms with Gasteiger partial charge in [0.25, 0.3) is 0 Å². The average molecular weight is 384 g/mol. The van der Waals surface area contributed by atoms with Gasteiger partial charge in [-0.15, -0.1) is 0 Å². The van der Waals surface area contributed by atoms with Gasteiger partial charge in [0, 0.05) is 32.6 Å². The van der Waals surface area contributed by atoms with E-state index in [2.05, 4.69) is 32.6 Å². The molecule has 0 aromatic carbocycles. The second-order valence-electron chi connectivity index (χ2n) is 8.49. The number of hydrogen-bond donors (Lipinski definition) is 1. The second-order valence-corrected chi connectivity index (χ2v) is 8.49. The average Bonchev–Trinajstić information content (AvgIpc) is 2.76. The summed E-state index contributed by atoms with van der Waals surface area (Å²) in [5.74, 6) is -0.168. The predicted octanol–water partition coefficient (Wildman–Crippen LogP) is 1.91. The number of likely N-dealkylation sites (tertiary alicyclic amines) is 1. The fourth-order valence-electron chi connectivity index (χ4n) is 3.70. The quantitative estimate of drug-likeness (QED) is 0.658. The van der Waals surface area contributed by atoms with Crippen molar-refractivity contribution in [1.29, 1.82) is 0 Å². The minimum atomic E-state index is -0.987. The van der Waals surface area contributed by atoms with E-state index in [1.54, 1.807) is 0 Å². The van der Waals surface area contributed by atoms with E-state index in [1.165, 1.54) is 11.8 Å². The minimum absolute atomic E-state index is 0.0684. The highest BCUT2D eigenvalue weighted by atomic mass is 16.4. The molecule has 1 unspecified atom stereocenters. The summed E-state index contributed by atoms with van der Waals surface area (Å²) in [7, 11) is 0. The zero-order valence-corrected chi connectivity index (χ0v) is 17.6. The molecular weight excluding hydrogens is 346 g/mol. The van der Waals surface area contributed by atoms with E-state index in [0.717, 1.165) is 32.5 Å². The smallest absolute Gasteiger partial charge is 0.323 e. The molecule has 0 spiro atoms. The molecule has 2 amide bonds. The van der Waals surface area contributed by atoms with E-state index in [-0.39, 0.29) is 24.4 Å². The third kappa shape index (κ3) is 8.73. The molecule has 7 heteroatoms. The fourth-order valence-corrected chi connectivity index (χ4v) is 3.70. The predicted molar refractivity (Wildman–Crippen MR) is 105 cm³/mol. The van der Waals surface area contributed by atoms with Gasteiger partial charge >= 0.3 is 5.97 Å². The lowest BCUT2D eigenvalue weighted by Crippen LogP contribution is -2.44. The topological polar surface area (TPSA) is 81.2 Å². The minimum Gasteiger partial charge on any atom is -0.480 e. The highest BCUT2D eigenvalue weighted by Crippen LogP contribution is 2.17. The maximum Gasteiger partial charge on any atom is 0.323 e. The molecule has 0 aromatic heterocycles. The Bertz CT molecular complexity index is 497. The van der Waals surface area contributed by atoms with Crippen LogP contribution in [0.5, 0.6) is 0 Å². The number of amides is 2. The van der Waals surface area contributed by atoms with Gasteiger partial charge in [-0.2, -0.15) is 0 Å². The lowest BCUT2D eigenvalue weighted by molar-refractivity contribution is -0.145. The van der Waals surface area contributed by atoms with Crippen molar-refractivity contribution in [2.24, 2.45) is 11.8 Å². The maximum atomic E-state index is 12.8. The van der Waals surface area contributed by atoms with E-state index in [9.17, 15) is 14.4 Å². The summed E-state index contributed by atoms with van der Waals surface area (Å²) in [4.78, 5) is 41.3. The van der Waals surface area contributed by atoms with Gasteiger partial charge in [0.1, 0.15) is 6.54 Å². The SMILES string of the molecule is CC(=O)N(CC(=O)O)C1CCCN(CC(=O)N(CC(C)C)CC(C)C)CC1. The molecule has 1 rings (SSSR count). The van der Waals surface area contributed by atoms with Crippen LogP contribution >= 0.6 is 0 Å². The van der Waals surface area contributed by atoms with Crippen LogP contribution in [0.4, 0.5) is 0 Å². The molecule has 7 nitrogen and oxygen atoms in total. The van der Waals surface area contributed by atoms with Crippen LogP contribution in [0.1, 0.15) is 53.9 Å². The first-order valence-electron chi connectivity index (χ1n) is 10.1. The lowest BCUT2D eigenvalue weighted by atomic mass is 10.1. The third-order valence-electron chi connectivity index (χ3n) is 4.82. The summed E-state index contributed by atoms with van der Waals surface area (Å²) in [6.45, 7) is 13.1. The number of carboxylic acids is 1. The Morgan fingerprint density at radius 3 is 2.11 bits per heavy atom. The van der Waals surface area contributed by atoms with E-state index in [4.69, 9.17) is 5.11 Å². The van der Waals surface area contributed by atoms with Crippen LogP contribution in [0.3, 0.4) is 0 Å². The summed E-state index contributed by atoms with van der Waals surface area (Å²) in [5, 5.41) is 9.06. The second kappa shape index (κ2) is 11.3. The van der Waals surface area contributed by atoms with Gasteiger partial charge in [-0.05, 0) is 37.6 Å². The highest BCUT2D eigenvalue weighted by molar-refractivity contribution is 5.80.